The Hall–Kier alpha value is -1.10. The molecule has 0 aromatic rings. The first-order valence-electron chi connectivity index (χ1n) is 5.82. The van der Waals surface area contributed by atoms with E-state index in [2.05, 4.69) is 5.32 Å². The Morgan fingerprint density at radius 3 is 2.50 bits per heavy atom. The third-order valence-corrected chi connectivity index (χ3v) is 2.28. The lowest BCUT2D eigenvalue weighted by Gasteiger charge is -2.16. The topological polar surface area (TPSA) is 75.4 Å². The van der Waals surface area contributed by atoms with Crippen LogP contribution in [-0.2, 0) is 9.59 Å². The van der Waals surface area contributed by atoms with E-state index < -0.39 is 0 Å². The normalized spacial score (nSPS) is 9.94. The number of hydrogen-bond acceptors (Lipinski definition) is 3. The minimum atomic E-state index is -0.111. The van der Waals surface area contributed by atoms with Crippen molar-refractivity contribution in [3.8, 4) is 0 Å². The molecule has 0 aliphatic rings. The molecule has 0 saturated carbocycles. The summed E-state index contributed by atoms with van der Waals surface area (Å²) in [7, 11) is 1.65. The maximum absolute atomic E-state index is 11.6. The molecule has 0 saturated heterocycles. The largest absolute Gasteiger partial charge is 0.355 e. The van der Waals surface area contributed by atoms with Crippen LogP contribution in [0.25, 0.3) is 0 Å². The van der Waals surface area contributed by atoms with Crippen LogP contribution in [0.15, 0.2) is 0 Å². The van der Waals surface area contributed by atoms with Gasteiger partial charge in [0.05, 0.1) is 6.54 Å². The molecule has 0 aliphatic carbocycles. The molecule has 0 unspecified atom stereocenters. The second-order valence-electron chi connectivity index (χ2n) is 3.80. The standard InChI is InChI=1S/C11H23N3O2/c1-3-13-10(15)9-14(2)11(16)7-5-4-6-8-12/h3-9,12H2,1-2H3,(H,13,15). The maximum Gasteiger partial charge on any atom is 0.239 e. The molecule has 2 amide bonds. The number of hydrogen-bond donors (Lipinski definition) is 2. The summed E-state index contributed by atoms with van der Waals surface area (Å²) in [5, 5.41) is 2.66. The number of carbonyl (C=O) groups is 2. The quantitative estimate of drug-likeness (QED) is 0.580. The van der Waals surface area contributed by atoms with Crippen LogP contribution in [0.3, 0.4) is 0 Å². The molecule has 94 valence electrons. The summed E-state index contributed by atoms with van der Waals surface area (Å²) in [5.41, 5.74) is 5.36. The molecule has 3 N–H and O–H groups in total. The molecule has 0 aromatic carbocycles. The third-order valence-electron chi connectivity index (χ3n) is 2.28. The van der Waals surface area contributed by atoms with Crippen molar-refractivity contribution in [1.82, 2.24) is 10.2 Å². The number of rotatable bonds is 8. The van der Waals surface area contributed by atoms with Crippen molar-refractivity contribution in [1.29, 1.82) is 0 Å². The van der Waals surface area contributed by atoms with Crippen molar-refractivity contribution in [2.75, 3.05) is 26.7 Å². The Labute approximate surface area is 97.4 Å². The Bertz CT molecular complexity index is 219. The summed E-state index contributed by atoms with van der Waals surface area (Å²) >= 11 is 0. The van der Waals surface area contributed by atoms with Gasteiger partial charge in [-0.1, -0.05) is 6.42 Å². The molecule has 0 aromatic heterocycles. The zero-order valence-corrected chi connectivity index (χ0v) is 10.3. The van der Waals surface area contributed by atoms with Crippen molar-refractivity contribution in [2.45, 2.75) is 32.6 Å². The smallest absolute Gasteiger partial charge is 0.239 e. The highest BCUT2D eigenvalue weighted by molar-refractivity contribution is 5.84. The first-order valence-corrected chi connectivity index (χ1v) is 5.82. The van der Waals surface area contributed by atoms with Gasteiger partial charge >= 0.3 is 0 Å². The average molecular weight is 229 g/mol. The molecule has 0 aliphatic heterocycles. The van der Waals surface area contributed by atoms with Crippen LogP contribution in [0.4, 0.5) is 0 Å². The fourth-order valence-corrected chi connectivity index (χ4v) is 1.34. The predicted molar refractivity (Wildman–Crippen MR) is 63.8 cm³/mol. The molecule has 0 rings (SSSR count). The molecular formula is C11H23N3O2. The van der Waals surface area contributed by atoms with Gasteiger partial charge in [-0.2, -0.15) is 0 Å². The fraction of sp³-hybridized carbons (Fsp3) is 0.818. The van der Waals surface area contributed by atoms with Crippen LogP contribution in [0.2, 0.25) is 0 Å². The van der Waals surface area contributed by atoms with E-state index in [-0.39, 0.29) is 18.4 Å². The van der Waals surface area contributed by atoms with E-state index in [1.165, 1.54) is 4.90 Å². The van der Waals surface area contributed by atoms with Gasteiger partial charge in [-0.05, 0) is 26.3 Å². The van der Waals surface area contributed by atoms with Gasteiger partial charge in [-0.15, -0.1) is 0 Å². The van der Waals surface area contributed by atoms with Gasteiger partial charge in [-0.25, -0.2) is 0 Å². The summed E-state index contributed by atoms with van der Waals surface area (Å²) in [6.45, 7) is 3.26. The van der Waals surface area contributed by atoms with Crippen LogP contribution in [0.1, 0.15) is 32.6 Å². The Balaban J connectivity index is 3.68. The van der Waals surface area contributed by atoms with Crippen molar-refractivity contribution in [3.05, 3.63) is 0 Å². The molecule has 0 bridgehead atoms. The van der Waals surface area contributed by atoms with Crippen LogP contribution in [0, 0.1) is 0 Å². The molecule has 16 heavy (non-hydrogen) atoms. The Morgan fingerprint density at radius 2 is 1.94 bits per heavy atom. The van der Waals surface area contributed by atoms with Crippen LogP contribution in [-0.4, -0.2) is 43.4 Å². The zero-order valence-electron chi connectivity index (χ0n) is 10.3. The van der Waals surface area contributed by atoms with Gasteiger partial charge in [0.25, 0.3) is 0 Å². The molecule has 0 fully saturated rings. The van der Waals surface area contributed by atoms with Crippen LogP contribution >= 0.6 is 0 Å². The van der Waals surface area contributed by atoms with E-state index in [0.717, 1.165) is 19.3 Å². The predicted octanol–water partition coefficient (Wildman–Crippen LogP) is 0.100. The van der Waals surface area contributed by atoms with Crippen molar-refractivity contribution in [2.24, 2.45) is 5.73 Å². The highest BCUT2D eigenvalue weighted by atomic mass is 16.2. The molecule has 5 nitrogen and oxygen atoms in total. The summed E-state index contributed by atoms with van der Waals surface area (Å²) in [5.74, 6) is -0.0939. The number of likely N-dealkylation sites (N-methyl/N-ethyl adjacent to an activating group) is 2. The second-order valence-corrected chi connectivity index (χ2v) is 3.80. The molecule has 5 heteroatoms. The molecular weight excluding hydrogens is 206 g/mol. The van der Waals surface area contributed by atoms with E-state index in [4.69, 9.17) is 5.73 Å². The van der Waals surface area contributed by atoms with Crippen molar-refractivity contribution < 1.29 is 9.59 Å². The lowest BCUT2D eigenvalue weighted by Crippen LogP contribution is -2.38. The molecule has 0 atom stereocenters. The zero-order chi connectivity index (χ0) is 12.4. The number of nitrogens with two attached hydrogens (primary N) is 1. The Morgan fingerprint density at radius 1 is 1.25 bits per heavy atom. The van der Waals surface area contributed by atoms with Gasteiger partial charge in [0.2, 0.25) is 11.8 Å². The van der Waals surface area contributed by atoms with Gasteiger partial charge in [0.1, 0.15) is 0 Å². The van der Waals surface area contributed by atoms with Crippen LogP contribution in [0.5, 0.6) is 0 Å². The average Bonchev–Trinajstić information content (AvgIpc) is 2.24. The summed E-state index contributed by atoms with van der Waals surface area (Å²) in [4.78, 5) is 24.2. The van der Waals surface area contributed by atoms with E-state index in [1.807, 2.05) is 6.92 Å². The first-order chi connectivity index (χ1) is 7.61. The van der Waals surface area contributed by atoms with E-state index >= 15 is 0 Å². The van der Waals surface area contributed by atoms with Gasteiger partial charge in [-0.3, -0.25) is 9.59 Å². The molecule has 0 heterocycles. The maximum atomic E-state index is 11.6. The number of amides is 2. The first kappa shape index (κ1) is 14.9. The summed E-state index contributed by atoms with van der Waals surface area (Å²) < 4.78 is 0. The van der Waals surface area contributed by atoms with Crippen LogP contribution < -0.4 is 11.1 Å². The number of nitrogens with one attached hydrogen (secondary N) is 1. The highest BCUT2D eigenvalue weighted by Gasteiger charge is 2.11. The minimum Gasteiger partial charge on any atom is -0.355 e. The van der Waals surface area contributed by atoms with Gasteiger partial charge in [0.15, 0.2) is 0 Å². The SMILES string of the molecule is CCNC(=O)CN(C)C(=O)CCCCCN. The van der Waals surface area contributed by atoms with Crippen molar-refractivity contribution in [3.63, 3.8) is 0 Å². The van der Waals surface area contributed by atoms with E-state index in [0.29, 0.717) is 19.5 Å². The van der Waals surface area contributed by atoms with Gasteiger partial charge < -0.3 is 16.0 Å². The minimum absolute atomic E-state index is 0.0169. The lowest BCUT2D eigenvalue weighted by molar-refractivity contribution is -0.134. The number of carbonyl (C=O) groups excluding carboxylic acids is 2. The lowest BCUT2D eigenvalue weighted by atomic mass is 10.2. The Kier molecular flexibility index (Phi) is 8.52. The van der Waals surface area contributed by atoms with E-state index in [1.54, 1.807) is 7.05 Å². The third kappa shape index (κ3) is 7.23. The number of unbranched alkanes of at least 4 members (excludes halogenated alkanes) is 2. The summed E-state index contributed by atoms with van der Waals surface area (Å²) in [6.07, 6.45) is 3.26. The molecule has 0 radical (unpaired) electrons. The monoisotopic (exact) mass is 229 g/mol. The fourth-order valence-electron chi connectivity index (χ4n) is 1.34. The molecule has 0 spiro atoms. The van der Waals surface area contributed by atoms with Gasteiger partial charge in [0, 0.05) is 20.0 Å². The highest BCUT2D eigenvalue weighted by Crippen LogP contribution is 2.01. The number of nitrogens with zero attached hydrogens (tertiary/aromatic N) is 1. The van der Waals surface area contributed by atoms with E-state index in [9.17, 15) is 9.59 Å². The summed E-state index contributed by atoms with van der Waals surface area (Å²) in [6, 6.07) is 0. The van der Waals surface area contributed by atoms with Crippen molar-refractivity contribution >= 4 is 11.8 Å². The second kappa shape index (κ2) is 9.15.